The molecular weight excluding hydrogens is 444 g/mol. The maximum absolute atomic E-state index is 12.0. The molecule has 1 N–H and O–H groups in total. The third-order valence-electron chi connectivity index (χ3n) is 9.33. The van der Waals surface area contributed by atoms with Gasteiger partial charge in [-0.15, -0.1) is 0 Å². The molecule has 3 aromatic rings. The van der Waals surface area contributed by atoms with Crippen molar-refractivity contribution in [1.29, 1.82) is 0 Å². The fraction of sp³-hybridized carbons (Fsp3) is 0.500. The number of imidazole rings is 1. The predicted molar refractivity (Wildman–Crippen MR) is 143 cm³/mol. The molecule has 4 nitrogen and oxygen atoms in total. The van der Waals surface area contributed by atoms with E-state index in [4.69, 9.17) is 9.72 Å². The van der Waals surface area contributed by atoms with Crippen LogP contribution in [0.4, 0.5) is 0 Å². The maximum Gasteiger partial charge on any atom is 0.337 e. The van der Waals surface area contributed by atoms with E-state index < -0.39 is 0 Å². The molecule has 4 fully saturated rings. The number of methoxy groups -OCH3 is 1. The average Bonchev–Trinajstić information content (AvgIpc) is 3.28. The van der Waals surface area contributed by atoms with Crippen LogP contribution in [0.3, 0.4) is 0 Å². The van der Waals surface area contributed by atoms with Gasteiger partial charge in [0.1, 0.15) is 5.82 Å². The number of benzene rings is 2. The minimum atomic E-state index is -0.283. The van der Waals surface area contributed by atoms with Crippen molar-refractivity contribution >= 4 is 5.97 Å². The van der Waals surface area contributed by atoms with E-state index in [1.807, 2.05) is 18.2 Å². The van der Waals surface area contributed by atoms with Crippen molar-refractivity contribution in [2.45, 2.75) is 71.1 Å². The molecule has 2 aromatic carbocycles. The highest BCUT2D eigenvalue weighted by atomic mass is 16.5. The number of aryl methyl sites for hydroxylation is 4. The Morgan fingerprint density at radius 3 is 2.39 bits per heavy atom. The van der Waals surface area contributed by atoms with Crippen molar-refractivity contribution in [3.05, 3.63) is 76.6 Å². The molecule has 4 aliphatic carbocycles. The van der Waals surface area contributed by atoms with E-state index in [1.165, 1.54) is 74.6 Å². The number of nitrogens with zero attached hydrogens (tertiary/aromatic N) is 1. The summed E-state index contributed by atoms with van der Waals surface area (Å²) < 4.78 is 4.91. The largest absolute Gasteiger partial charge is 0.465 e. The van der Waals surface area contributed by atoms with Crippen LogP contribution in [0.2, 0.25) is 0 Å². The summed E-state index contributed by atoms with van der Waals surface area (Å²) in [5.41, 5.74) is 7.25. The summed E-state index contributed by atoms with van der Waals surface area (Å²) >= 11 is 0. The zero-order valence-electron chi connectivity index (χ0n) is 21.7. The average molecular weight is 483 g/mol. The smallest absolute Gasteiger partial charge is 0.337 e. The van der Waals surface area contributed by atoms with E-state index >= 15 is 0 Å². The summed E-state index contributed by atoms with van der Waals surface area (Å²) in [4.78, 5) is 20.9. The molecule has 0 radical (unpaired) electrons. The number of aromatic amines is 1. The summed E-state index contributed by atoms with van der Waals surface area (Å²) in [7, 11) is 1.43. The van der Waals surface area contributed by atoms with Gasteiger partial charge in [-0.3, -0.25) is 0 Å². The number of carbonyl (C=O) groups excluding carboxylic acids is 1. The van der Waals surface area contributed by atoms with Crippen LogP contribution in [0.25, 0.3) is 11.4 Å². The van der Waals surface area contributed by atoms with Gasteiger partial charge in [0.2, 0.25) is 0 Å². The summed E-state index contributed by atoms with van der Waals surface area (Å²) in [6.07, 6.45) is 12.9. The normalized spacial score (nSPS) is 26.3. The molecule has 7 rings (SSSR count). The van der Waals surface area contributed by atoms with Crippen molar-refractivity contribution in [3.63, 3.8) is 0 Å². The number of aromatic nitrogens is 2. The Balaban J connectivity index is 1.24. The number of ether oxygens (including phenoxy) is 1. The molecule has 188 valence electrons. The van der Waals surface area contributed by atoms with Crippen LogP contribution >= 0.6 is 0 Å². The standard InChI is InChI=1S/C32H38N2O2/c1-21-6-3-4-9-27(21)30-33-28(11-10-22-7-5-8-26(17-22)31(35)36-2)29(34-30)12-13-32-18-23-14-24(19-32)16-25(15-23)20-32/h3-9,17,23-25H,10-16,18-20H2,1-2H3,(H,33,34). The second kappa shape index (κ2) is 9.53. The van der Waals surface area contributed by atoms with Crippen LogP contribution in [-0.4, -0.2) is 23.0 Å². The van der Waals surface area contributed by atoms with Crippen molar-refractivity contribution in [1.82, 2.24) is 9.97 Å². The van der Waals surface area contributed by atoms with Crippen LogP contribution in [-0.2, 0) is 24.0 Å². The SMILES string of the molecule is COC(=O)c1cccc(CCc2nc(-c3ccccc3C)[nH]c2CCC23CC4CC(CC(C4)C2)C3)c1. The summed E-state index contributed by atoms with van der Waals surface area (Å²) in [5, 5.41) is 0. The van der Waals surface area contributed by atoms with Gasteiger partial charge in [-0.1, -0.05) is 36.4 Å². The van der Waals surface area contributed by atoms with E-state index in [1.54, 1.807) is 0 Å². The van der Waals surface area contributed by atoms with Crippen molar-refractivity contribution < 1.29 is 9.53 Å². The quantitative estimate of drug-likeness (QED) is 0.348. The van der Waals surface area contributed by atoms with Gasteiger partial charge in [0, 0.05) is 11.3 Å². The molecule has 0 aliphatic heterocycles. The molecule has 4 aliphatic rings. The van der Waals surface area contributed by atoms with Gasteiger partial charge < -0.3 is 9.72 Å². The first-order valence-electron chi connectivity index (χ1n) is 13.8. The van der Waals surface area contributed by atoms with Gasteiger partial charge in [-0.25, -0.2) is 9.78 Å². The van der Waals surface area contributed by atoms with E-state index in [9.17, 15) is 4.79 Å². The Morgan fingerprint density at radius 2 is 1.69 bits per heavy atom. The Bertz CT molecular complexity index is 1220. The Hall–Kier alpha value is -2.88. The molecule has 4 saturated carbocycles. The highest BCUT2D eigenvalue weighted by Gasteiger charge is 2.50. The monoisotopic (exact) mass is 482 g/mol. The summed E-state index contributed by atoms with van der Waals surface area (Å²) in [5.74, 6) is 3.67. The second-order valence-corrected chi connectivity index (χ2v) is 11.9. The lowest BCUT2D eigenvalue weighted by Crippen LogP contribution is -2.46. The van der Waals surface area contributed by atoms with Crippen molar-refractivity contribution in [2.24, 2.45) is 23.2 Å². The topological polar surface area (TPSA) is 55.0 Å². The van der Waals surface area contributed by atoms with Gasteiger partial charge >= 0.3 is 5.97 Å². The number of nitrogens with one attached hydrogen (secondary N) is 1. The number of H-pyrrole nitrogens is 1. The van der Waals surface area contributed by atoms with Gasteiger partial charge in [0.15, 0.2) is 0 Å². The fourth-order valence-corrected chi connectivity index (χ4v) is 8.05. The molecule has 0 atom stereocenters. The number of carbonyl (C=O) groups is 1. The predicted octanol–water partition coefficient (Wildman–Crippen LogP) is 7.11. The first kappa shape index (κ1) is 23.5. The van der Waals surface area contributed by atoms with Crippen LogP contribution in [0.1, 0.15) is 77.8 Å². The van der Waals surface area contributed by atoms with Crippen LogP contribution in [0, 0.1) is 30.1 Å². The first-order chi connectivity index (χ1) is 17.5. The van der Waals surface area contributed by atoms with E-state index in [0.29, 0.717) is 11.0 Å². The zero-order chi connectivity index (χ0) is 24.7. The third-order valence-corrected chi connectivity index (χ3v) is 9.33. The molecule has 4 bridgehead atoms. The van der Waals surface area contributed by atoms with E-state index in [-0.39, 0.29) is 5.97 Å². The van der Waals surface area contributed by atoms with Gasteiger partial charge in [-0.05, 0) is 118 Å². The number of esters is 1. The third kappa shape index (κ3) is 4.63. The van der Waals surface area contributed by atoms with Crippen molar-refractivity contribution in [3.8, 4) is 11.4 Å². The highest BCUT2D eigenvalue weighted by Crippen LogP contribution is 2.61. The van der Waals surface area contributed by atoms with Crippen molar-refractivity contribution in [2.75, 3.05) is 7.11 Å². The molecule has 36 heavy (non-hydrogen) atoms. The fourth-order valence-electron chi connectivity index (χ4n) is 8.05. The lowest BCUT2D eigenvalue weighted by atomic mass is 9.48. The number of hydrogen-bond acceptors (Lipinski definition) is 3. The number of hydrogen-bond donors (Lipinski definition) is 1. The highest BCUT2D eigenvalue weighted by molar-refractivity contribution is 5.89. The Labute approximate surface area is 214 Å². The summed E-state index contributed by atoms with van der Waals surface area (Å²) in [6, 6.07) is 16.3. The van der Waals surface area contributed by atoms with Gasteiger partial charge in [-0.2, -0.15) is 0 Å². The first-order valence-corrected chi connectivity index (χ1v) is 13.8. The van der Waals surface area contributed by atoms with E-state index in [0.717, 1.165) is 48.4 Å². The molecule has 0 saturated heterocycles. The Kier molecular flexibility index (Phi) is 6.23. The minimum Gasteiger partial charge on any atom is -0.465 e. The molecule has 0 spiro atoms. The molecule has 0 amide bonds. The van der Waals surface area contributed by atoms with E-state index in [2.05, 4.69) is 42.2 Å². The Morgan fingerprint density at radius 1 is 0.972 bits per heavy atom. The molecule has 4 heteroatoms. The van der Waals surface area contributed by atoms with Crippen LogP contribution in [0.15, 0.2) is 48.5 Å². The summed E-state index contributed by atoms with van der Waals surface area (Å²) in [6.45, 7) is 2.16. The molecule has 1 heterocycles. The molecular formula is C32H38N2O2. The van der Waals surface area contributed by atoms with Gasteiger partial charge in [0.25, 0.3) is 0 Å². The lowest BCUT2D eigenvalue weighted by Gasteiger charge is -2.57. The van der Waals surface area contributed by atoms with Gasteiger partial charge in [0.05, 0.1) is 18.4 Å². The second-order valence-electron chi connectivity index (χ2n) is 11.9. The molecule has 0 unspecified atom stereocenters. The minimum absolute atomic E-state index is 0.283. The van der Waals surface area contributed by atoms with Crippen LogP contribution in [0.5, 0.6) is 0 Å². The lowest BCUT2D eigenvalue weighted by molar-refractivity contribution is -0.0570. The number of rotatable bonds is 8. The maximum atomic E-state index is 12.0. The molecule has 1 aromatic heterocycles. The zero-order valence-corrected chi connectivity index (χ0v) is 21.7. The van der Waals surface area contributed by atoms with Crippen LogP contribution < -0.4 is 0 Å².